The van der Waals surface area contributed by atoms with Gasteiger partial charge in [0, 0.05) is 21.5 Å². The quantitative estimate of drug-likeness (QED) is 0.882. The Balaban J connectivity index is 1.81. The third-order valence-electron chi connectivity index (χ3n) is 3.81. The standard InChI is InChI=1S/C16H18N2O2S/c1-11-17-14-4-2-3-5-15(14)18(11)10-13-7-6-12(21-13)8-9-16(19)20/h6-9H,2-5,10H2,1H3,(H,19,20)/b9-8+. The third-order valence-corrected chi connectivity index (χ3v) is 4.85. The van der Waals surface area contributed by atoms with Gasteiger partial charge in [-0.05, 0) is 50.8 Å². The summed E-state index contributed by atoms with van der Waals surface area (Å²) in [6.45, 7) is 2.90. The lowest BCUT2D eigenvalue weighted by atomic mass is 10.0. The first-order valence-corrected chi connectivity index (χ1v) is 8.00. The van der Waals surface area contributed by atoms with Gasteiger partial charge in [-0.1, -0.05) is 0 Å². The van der Waals surface area contributed by atoms with Gasteiger partial charge < -0.3 is 9.67 Å². The molecule has 5 heteroatoms. The minimum Gasteiger partial charge on any atom is -0.478 e. The van der Waals surface area contributed by atoms with Crippen molar-refractivity contribution in [2.45, 2.75) is 39.2 Å². The van der Waals surface area contributed by atoms with E-state index < -0.39 is 5.97 Å². The summed E-state index contributed by atoms with van der Waals surface area (Å²) >= 11 is 1.63. The van der Waals surface area contributed by atoms with Crippen LogP contribution in [0.5, 0.6) is 0 Å². The molecule has 0 aromatic carbocycles. The van der Waals surface area contributed by atoms with E-state index in [4.69, 9.17) is 5.11 Å². The molecule has 0 aliphatic heterocycles. The SMILES string of the molecule is Cc1nc2c(n1Cc1ccc(/C=C/C(=O)O)s1)CCCC2. The monoisotopic (exact) mass is 302 g/mol. The molecule has 2 aromatic rings. The molecule has 0 unspecified atom stereocenters. The summed E-state index contributed by atoms with van der Waals surface area (Å²) in [5, 5.41) is 8.66. The van der Waals surface area contributed by atoms with Gasteiger partial charge in [-0.2, -0.15) is 0 Å². The molecule has 0 saturated heterocycles. The Morgan fingerprint density at radius 3 is 3.05 bits per heavy atom. The van der Waals surface area contributed by atoms with Crippen LogP contribution < -0.4 is 0 Å². The number of rotatable bonds is 4. The lowest BCUT2D eigenvalue weighted by Gasteiger charge is -2.14. The summed E-state index contributed by atoms with van der Waals surface area (Å²) in [5.41, 5.74) is 2.65. The zero-order chi connectivity index (χ0) is 14.8. The summed E-state index contributed by atoms with van der Waals surface area (Å²) in [6.07, 6.45) is 7.53. The van der Waals surface area contributed by atoms with Crippen molar-refractivity contribution in [1.82, 2.24) is 9.55 Å². The third kappa shape index (κ3) is 3.08. The second kappa shape index (κ2) is 5.85. The fourth-order valence-corrected chi connectivity index (χ4v) is 3.73. The van der Waals surface area contributed by atoms with Crippen molar-refractivity contribution >= 4 is 23.4 Å². The highest BCUT2D eigenvalue weighted by atomic mass is 32.1. The number of fused-ring (bicyclic) bond motifs is 1. The Morgan fingerprint density at radius 2 is 2.24 bits per heavy atom. The molecule has 4 nitrogen and oxygen atoms in total. The predicted octanol–water partition coefficient (Wildman–Crippen LogP) is 3.28. The van der Waals surface area contributed by atoms with E-state index in [1.165, 1.54) is 35.2 Å². The topological polar surface area (TPSA) is 55.1 Å². The van der Waals surface area contributed by atoms with E-state index in [2.05, 4.69) is 22.5 Å². The van der Waals surface area contributed by atoms with Crippen molar-refractivity contribution < 1.29 is 9.90 Å². The van der Waals surface area contributed by atoms with Crippen molar-refractivity contribution in [2.24, 2.45) is 0 Å². The maximum Gasteiger partial charge on any atom is 0.328 e. The fourth-order valence-electron chi connectivity index (χ4n) is 2.82. The van der Waals surface area contributed by atoms with Crippen LogP contribution in [-0.2, 0) is 24.2 Å². The first kappa shape index (κ1) is 14.1. The normalized spacial score (nSPS) is 14.5. The van der Waals surface area contributed by atoms with E-state index in [1.54, 1.807) is 17.4 Å². The molecule has 0 amide bonds. The Kier molecular flexibility index (Phi) is 3.92. The highest BCUT2D eigenvalue weighted by molar-refractivity contribution is 7.12. The summed E-state index contributed by atoms with van der Waals surface area (Å²) in [5.74, 6) is 0.169. The number of imidazole rings is 1. The van der Waals surface area contributed by atoms with Crippen LogP contribution in [0.4, 0.5) is 0 Å². The van der Waals surface area contributed by atoms with E-state index in [1.807, 2.05) is 6.07 Å². The van der Waals surface area contributed by atoms with E-state index in [9.17, 15) is 4.79 Å². The molecule has 1 aliphatic carbocycles. The number of thiophene rings is 1. The fraction of sp³-hybridized carbons (Fsp3) is 0.375. The Bertz CT molecular complexity index is 697. The first-order valence-electron chi connectivity index (χ1n) is 7.18. The van der Waals surface area contributed by atoms with E-state index >= 15 is 0 Å². The maximum atomic E-state index is 10.5. The summed E-state index contributed by atoms with van der Waals surface area (Å²) in [4.78, 5) is 17.4. The molecule has 0 bridgehead atoms. The minimum atomic E-state index is -0.913. The number of hydrogen-bond donors (Lipinski definition) is 1. The number of aryl methyl sites for hydroxylation is 2. The zero-order valence-electron chi connectivity index (χ0n) is 12.0. The molecule has 0 fully saturated rings. The highest BCUT2D eigenvalue weighted by Gasteiger charge is 2.18. The van der Waals surface area contributed by atoms with Gasteiger partial charge in [0.15, 0.2) is 0 Å². The van der Waals surface area contributed by atoms with Gasteiger partial charge in [-0.15, -0.1) is 11.3 Å². The second-order valence-corrected chi connectivity index (χ2v) is 6.52. The molecule has 0 saturated carbocycles. The van der Waals surface area contributed by atoms with E-state index in [0.29, 0.717) is 0 Å². The smallest absolute Gasteiger partial charge is 0.328 e. The van der Waals surface area contributed by atoms with E-state index in [-0.39, 0.29) is 0 Å². The van der Waals surface area contributed by atoms with Crippen molar-refractivity contribution in [1.29, 1.82) is 0 Å². The van der Waals surface area contributed by atoms with Crippen LogP contribution in [-0.4, -0.2) is 20.6 Å². The molecule has 0 spiro atoms. The summed E-state index contributed by atoms with van der Waals surface area (Å²) in [6, 6.07) is 4.04. The number of carboxylic acids is 1. The maximum absolute atomic E-state index is 10.5. The number of nitrogens with zero attached hydrogens (tertiary/aromatic N) is 2. The lowest BCUT2D eigenvalue weighted by Crippen LogP contribution is -2.09. The molecule has 21 heavy (non-hydrogen) atoms. The van der Waals surface area contributed by atoms with Crippen LogP contribution in [0.3, 0.4) is 0 Å². The number of carbonyl (C=O) groups is 1. The lowest BCUT2D eigenvalue weighted by molar-refractivity contribution is -0.131. The van der Waals surface area contributed by atoms with Gasteiger partial charge in [-0.25, -0.2) is 9.78 Å². The molecular formula is C16H18N2O2S. The number of aromatic nitrogens is 2. The molecule has 3 rings (SSSR count). The molecule has 2 heterocycles. The van der Waals surface area contributed by atoms with Crippen LogP contribution in [0.25, 0.3) is 6.08 Å². The highest BCUT2D eigenvalue weighted by Crippen LogP contribution is 2.25. The van der Waals surface area contributed by atoms with Gasteiger partial charge >= 0.3 is 5.97 Å². The Labute approximate surface area is 127 Å². The number of carboxylic acid groups (broad SMARTS) is 1. The van der Waals surface area contributed by atoms with Gasteiger partial charge in [0.05, 0.1) is 12.2 Å². The minimum absolute atomic E-state index is 0.833. The first-order chi connectivity index (χ1) is 10.1. The van der Waals surface area contributed by atoms with Gasteiger partial charge in [0.1, 0.15) is 5.82 Å². The van der Waals surface area contributed by atoms with E-state index in [0.717, 1.165) is 30.1 Å². The van der Waals surface area contributed by atoms with Crippen molar-refractivity contribution in [3.05, 3.63) is 45.2 Å². The molecule has 110 valence electrons. The van der Waals surface area contributed by atoms with Gasteiger partial charge in [0.2, 0.25) is 0 Å². The Hall–Kier alpha value is -1.88. The second-order valence-electron chi connectivity index (χ2n) is 5.32. The van der Waals surface area contributed by atoms with Crippen LogP contribution >= 0.6 is 11.3 Å². The summed E-state index contributed by atoms with van der Waals surface area (Å²) < 4.78 is 2.31. The average Bonchev–Trinajstić information content (AvgIpc) is 3.02. The molecule has 2 aromatic heterocycles. The molecule has 0 radical (unpaired) electrons. The molecule has 1 aliphatic rings. The van der Waals surface area contributed by atoms with Crippen LogP contribution in [0, 0.1) is 6.92 Å². The Morgan fingerprint density at radius 1 is 1.43 bits per heavy atom. The zero-order valence-corrected chi connectivity index (χ0v) is 12.8. The predicted molar refractivity (Wildman–Crippen MR) is 83.7 cm³/mol. The summed E-state index contributed by atoms with van der Waals surface area (Å²) in [7, 11) is 0. The molecular weight excluding hydrogens is 284 g/mol. The van der Waals surface area contributed by atoms with Crippen molar-refractivity contribution in [2.75, 3.05) is 0 Å². The number of hydrogen-bond acceptors (Lipinski definition) is 3. The number of aliphatic carboxylic acids is 1. The van der Waals surface area contributed by atoms with Crippen molar-refractivity contribution in [3.8, 4) is 0 Å². The largest absolute Gasteiger partial charge is 0.478 e. The van der Waals surface area contributed by atoms with Crippen LogP contribution in [0.2, 0.25) is 0 Å². The van der Waals surface area contributed by atoms with Gasteiger partial charge in [-0.3, -0.25) is 0 Å². The average molecular weight is 302 g/mol. The van der Waals surface area contributed by atoms with Crippen LogP contribution in [0.1, 0.15) is 39.8 Å². The molecule has 0 atom stereocenters. The van der Waals surface area contributed by atoms with Crippen molar-refractivity contribution in [3.63, 3.8) is 0 Å². The molecule has 1 N–H and O–H groups in total. The van der Waals surface area contributed by atoms with Crippen LogP contribution in [0.15, 0.2) is 18.2 Å². The van der Waals surface area contributed by atoms with Gasteiger partial charge in [0.25, 0.3) is 0 Å².